The van der Waals surface area contributed by atoms with Crippen LogP contribution in [0.2, 0.25) is 5.02 Å². The maximum atomic E-state index is 14.0. The van der Waals surface area contributed by atoms with Crippen LogP contribution in [0, 0.1) is 6.92 Å². The zero-order valence-electron chi connectivity index (χ0n) is 25.4. The highest BCUT2D eigenvalue weighted by molar-refractivity contribution is 8.00. The Morgan fingerprint density at radius 2 is 1.87 bits per heavy atom. The fourth-order valence-corrected chi connectivity index (χ4v) is 7.07. The van der Waals surface area contributed by atoms with Gasteiger partial charge in [0.1, 0.15) is 23.9 Å². The van der Waals surface area contributed by atoms with E-state index < -0.39 is 0 Å². The van der Waals surface area contributed by atoms with Crippen molar-refractivity contribution in [3.05, 3.63) is 88.4 Å². The lowest BCUT2D eigenvalue weighted by atomic mass is 9.98. The highest BCUT2D eigenvalue weighted by atomic mass is 35.5. The minimum Gasteiger partial charge on any atom is -0.497 e. The van der Waals surface area contributed by atoms with Crippen molar-refractivity contribution in [1.82, 2.24) is 15.1 Å². The van der Waals surface area contributed by atoms with Crippen molar-refractivity contribution >= 4 is 41.0 Å². The number of nitrogens with zero attached hydrogens (tertiary/aromatic N) is 3. The van der Waals surface area contributed by atoms with Gasteiger partial charge in [-0.1, -0.05) is 41.4 Å². The number of aryl methyl sites for hydroxylation is 1. The molecule has 0 aliphatic carbocycles. The molecule has 2 unspecified atom stereocenters. The standard InChI is InChI=1S/C34H35ClN4O5S/c1-21-6-12-24(13-7-21)39-34-31(32(37-39)22-8-10-23(35)11-9-22)33(27-17-25(42-2)14-15-28(27)43-3)45-20-30(41)38(34)19-29(40)36-18-26-5-4-16-44-26/h6-15,17,26,33H,4-5,16,18-20H2,1-3H3,(H,36,40). The van der Waals surface area contributed by atoms with E-state index in [9.17, 15) is 9.59 Å². The van der Waals surface area contributed by atoms with Crippen LogP contribution in [0.1, 0.15) is 34.8 Å². The lowest BCUT2D eigenvalue weighted by Crippen LogP contribution is -2.44. The summed E-state index contributed by atoms with van der Waals surface area (Å²) in [5.41, 5.74) is 4.96. The fourth-order valence-electron chi connectivity index (χ4n) is 5.73. The van der Waals surface area contributed by atoms with Gasteiger partial charge >= 0.3 is 0 Å². The number of methoxy groups -OCH3 is 2. The zero-order valence-corrected chi connectivity index (χ0v) is 27.0. The first-order valence-electron chi connectivity index (χ1n) is 14.8. The molecule has 1 saturated heterocycles. The van der Waals surface area contributed by atoms with Gasteiger partial charge < -0.3 is 19.5 Å². The van der Waals surface area contributed by atoms with E-state index >= 15 is 0 Å². The Hall–Kier alpha value is -3.99. The number of ether oxygens (including phenoxy) is 3. The quantitative estimate of drug-likeness (QED) is 0.239. The summed E-state index contributed by atoms with van der Waals surface area (Å²) in [6, 6.07) is 21.0. The topological polar surface area (TPSA) is 94.9 Å². The predicted octanol–water partition coefficient (Wildman–Crippen LogP) is 5.98. The second kappa shape index (κ2) is 13.6. The second-order valence-electron chi connectivity index (χ2n) is 11.1. The van der Waals surface area contributed by atoms with Crippen molar-refractivity contribution in [2.75, 3.05) is 44.6 Å². The number of hydrogen-bond acceptors (Lipinski definition) is 7. The van der Waals surface area contributed by atoms with Crippen LogP contribution in [0.15, 0.2) is 66.7 Å². The van der Waals surface area contributed by atoms with E-state index in [1.165, 1.54) is 11.8 Å². The van der Waals surface area contributed by atoms with E-state index in [0.717, 1.165) is 40.8 Å². The lowest BCUT2D eigenvalue weighted by Gasteiger charge is -2.24. The summed E-state index contributed by atoms with van der Waals surface area (Å²) in [5.74, 6) is 1.51. The molecule has 1 aromatic heterocycles. The van der Waals surface area contributed by atoms with Crippen LogP contribution in [-0.2, 0) is 14.3 Å². The first-order valence-corrected chi connectivity index (χ1v) is 16.3. The predicted molar refractivity (Wildman–Crippen MR) is 177 cm³/mol. The Labute approximate surface area is 271 Å². The number of benzene rings is 3. The molecule has 3 heterocycles. The minimum absolute atomic E-state index is 0.0144. The van der Waals surface area contributed by atoms with Crippen molar-refractivity contribution in [2.45, 2.75) is 31.1 Å². The van der Waals surface area contributed by atoms with Gasteiger partial charge in [0.15, 0.2) is 0 Å². The van der Waals surface area contributed by atoms with Gasteiger partial charge in [0, 0.05) is 34.9 Å². The monoisotopic (exact) mass is 646 g/mol. The Kier molecular flexibility index (Phi) is 9.34. The summed E-state index contributed by atoms with van der Waals surface area (Å²) in [7, 11) is 3.24. The van der Waals surface area contributed by atoms with Crippen LogP contribution in [-0.4, -0.2) is 67.4 Å². The third kappa shape index (κ3) is 6.54. The number of carbonyl (C=O) groups excluding carboxylic acids is 2. The number of anilines is 1. The van der Waals surface area contributed by atoms with Gasteiger partial charge in [-0.2, -0.15) is 5.10 Å². The summed E-state index contributed by atoms with van der Waals surface area (Å²) >= 11 is 7.76. The van der Waals surface area contributed by atoms with E-state index in [1.807, 2.05) is 73.7 Å². The molecule has 0 spiro atoms. The van der Waals surface area contributed by atoms with Crippen LogP contribution in [0.4, 0.5) is 5.82 Å². The van der Waals surface area contributed by atoms with Crippen molar-refractivity contribution in [3.8, 4) is 28.4 Å². The Morgan fingerprint density at radius 1 is 1.09 bits per heavy atom. The van der Waals surface area contributed by atoms with Crippen molar-refractivity contribution in [2.24, 2.45) is 0 Å². The van der Waals surface area contributed by atoms with E-state index in [0.29, 0.717) is 41.2 Å². The van der Waals surface area contributed by atoms with Crippen LogP contribution in [0.5, 0.6) is 11.5 Å². The van der Waals surface area contributed by atoms with E-state index in [2.05, 4.69) is 5.32 Å². The first kappa shape index (κ1) is 31.0. The van der Waals surface area contributed by atoms with E-state index in [4.69, 9.17) is 30.9 Å². The molecule has 45 heavy (non-hydrogen) atoms. The van der Waals surface area contributed by atoms with Gasteiger partial charge in [-0.3, -0.25) is 14.5 Å². The number of rotatable bonds is 9. The Bertz CT molecular complexity index is 1690. The molecular formula is C34H35ClN4O5S. The molecule has 3 aromatic carbocycles. The molecule has 4 aromatic rings. The first-order chi connectivity index (χ1) is 21.9. The Balaban J connectivity index is 1.56. The average Bonchev–Trinajstić information content (AvgIpc) is 3.69. The molecule has 2 aliphatic rings. The molecule has 1 N–H and O–H groups in total. The Morgan fingerprint density at radius 3 is 2.56 bits per heavy atom. The molecule has 0 bridgehead atoms. The molecule has 9 nitrogen and oxygen atoms in total. The highest BCUT2D eigenvalue weighted by Gasteiger charge is 2.39. The summed E-state index contributed by atoms with van der Waals surface area (Å²) in [5, 5.41) is 8.35. The molecule has 0 saturated carbocycles. The van der Waals surface area contributed by atoms with Gasteiger partial charge in [-0.25, -0.2) is 4.68 Å². The maximum absolute atomic E-state index is 14.0. The van der Waals surface area contributed by atoms with Crippen molar-refractivity contribution in [1.29, 1.82) is 0 Å². The third-order valence-electron chi connectivity index (χ3n) is 8.06. The van der Waals surface area contributed by atoms with Crippen molar-refractivity contribution < 1.29 is 23.8 Å². The number of fused-ring (bicyclic) bond motifs is 1. The van der Waals surface area contributed by atoms with Gasteiger partial charge in [-0.05, 0) is 62.2 Å². The van der Waals surface area contributed by atoms with Crippen LogP contribution < -0.4 is 19.7 Å². The molecule has 0 radical (unpaired) electrons. The number of aromatic nitrogens is 2. The van der Waals surface area contributed by atoms with Gasteiger partial charge in [0.05, 0.1) is 42.7 Å². The maximum Gasteiger partial charge on any atom is 0.240 e. The molecule has 1 fully saturated rings. The smallest absolute Gasteiger partial charge is 0.240 e. The third-order valence-corrected chi connectivity index (χ3v) is 9.55. The summed E-state index contributed by atoms with van der Waals surface area (Å²) in [6.07, 6.45) is 1.86. The highest BCUT2D eigenvalue weighted by Crippen LogP contribution is 2.51. The molecule has 11 heteroatoms. The number of thioether (sulfide) groups is 1. The van der Waals surface area contributed by atoms with E-state index in [1.54, 1.807) is 23.8 Å². The number of nitrogens with one attached hydrogen (secondary N) is 1. The SMILES string of the molecule is COc1ccc(OC)c(C2SCC(=O)N(CC(=O)NCC3CCCO3)c3c2c(-c2ccc(Cl)cc2)nn3-c2ccc(C)cc2)c1. The normalized spacial score (nSPS) is 18.0. The summed E-state index contributed by atoms with van der Waals surface area (Å²) in [6.45, 7) is 2.95. The number of hydrogen-bond donors (Lipinski definition) is 1. The number of carbonyl (C=O) groups is 2. The zero-order chi connectivity index (χ0) is 31.5. The molecule has 6 rings (SSSR count). The van der Waals surface area contributed by atoms with Gasteiger partial charge in [0.25, 0.3) is 0 Å². The number of halogens is 1. The summed E-state index contributed by atoms with van der Waals surface area (Å²) < 4.78 is 18.9. The minimum atomic E-state index is -0.390. The molecule has 2 amide bonds. The summed E-state index contributed by atoms with van der Waals surface area (Å²) in [4.78, 5) is 29.0. The van der Waals surface area contributed by atoms with Crippen LogP contribution in [0.3, 0.4) is 0 Å². The molecule has 2 aliphatic heterocycles. The van der Waals surface area contributed by atoms with Crippen LogP contribution >= 0.6 is 23.4 Å². The largest absolute Gasteiger partial charge is 0.497 e. The fraction of sp³-hybridized carbons (Fsp3) is 0.324. The van der Waals surface area contributed by atoms with Gasteiger partial charge in [0.2, 0.25) is 11.8 Å². The molecule has 234 valence electrons. The van der Waals surface area contributed by atoms with Gasteiger partial charge in [-0.15, -0.1) is 11.8 Å². The average molecular weight is 647 g/mol. The van der Waals surface area contributed by atoms with E-state index in [-0.39, 0.29) is 35.5 Å². The molecular weight excluding hydrogens is 612 g/mol. The number of amides is 2. The lowest BCUT2D eigenvalue weighted by molar-refractivity contribution is -0.123. The van der Waals surface area contributed by atoms with Crippen molar-refractivity contribution in [3.63, 3.8) is 0 Å². The second-order valence-corrected chi connectivity index (χ2v) is 12.6. The molecule has 2 atom stereocenters. The van der Waals surface area contributed by atoms with Crippen LogP contribution in [0.25, 0.3) is 16.9 Å².